The number of unbranched alkanes of at least 4 members (excludes halogenated alkanes) is 1. The molecule has 5 rings (SSSR count). The highest BCUT2D eigenvalue weighted by Crippen LogP contribution is 2.24. The SMILES string of the molecule is C[C@@H](O)[C@@H]1NC(=O)[C@H](CCCCNC(=O)COC(=O)CO)NC(=O)[C@@H](Cc2c[nH]c3ccccc23)NC(=O)[C@H](Cc2ccccc2)NC[C@@H](NC(=O)[C@H](N)Cc2ccccc2)CSSC[C@@H](C(=O)N[C@H](CO)[C@@H](C)O)NC1=O. The van der Waals surface area contributed by atoms with Crippen molar-refractivity contribution in [3.05, 3.63) is 108 Å². The number of aromatic amines is 1. The quantitative estimate of drug-likeness (QED) is 0.0253. The first kappa shape index (κ1) is 62.3. The van der Waals surface area contributed by atoms with Gasteiger partial charge in [0.2, 0.25) is 35.4 Å². The molecule has 1 fully saturated rings. The highest BCUT2D eigenvalue weighted by Gasteiger charge is 2.36. The van der Waals surface area contributed by atoms with E-state index in [0.717, 1.165) is 32.8 Å². The Hall–Kier alpha value is -6.58. The number of nitrogens with one attached hydrogen (secondary N) is 9. The van der Waals surface area contributed by atoms with Gasteiger partial charge in [0.05, 0.1) is 43.0 Å². The first-order valence-corrected chi connectivity index (χ1v) is 28.1. The van der Waals surface area contributed by atoms with Crippen LogP contribution < -0.4 is 48.3 Å². The summed E-state index contributed by atoms with van der Waals surface area (Å²) in [6, 6.07) is 16.0. The predicted octanol–water partition coefficient (Wildman–Crippen LogP) is -1.64. The van der Waals surface area contributed by atoms with Crippen molar-refractivity contribution in [3.63, 3.8) is 0 Å². The molecule has 0 aliphatic carbocycles. The Morgan fingerprint density at radius 2 is 1.40 bits per heavy atom. The first-order valence-electron chi connectivity index (χ1n) is 25.6. The number of aromatic nitrogens is 1. The molecule has 7 amide bonds. The van der Waals surface area contributed by atoms with Crippen molar-refractivity contribution < 1.29 is 63.5 Å². The largest absolute Gasteiger partial charge is 0.454 e. The van der Waals surface area contributed by atoms with E-state index in [2.05, 4.69) is 52.3 Å². The van der Waals surface area contributed by atoms with Crippen molar-refractivity contribution >= 4 is 79.8 Å². The van der Waals surface area contributed by atoms with E-state index in [1.807, 2.05) is 84.9 Å². The van der Waals surface area contributed by atoms with Gasteiger partial charge in [-0.15, -0.1) is 0 Å². The summed E-state index contributed by atoms with van der Waals surface area (Å²) in [4.78, 5) is 113. The normalized spacial score (nSPS) is 21.7. The minimum atomic E-state index is -1.71. The molecule has 0 unspecified atom stereocenters. The number of aliphatic hydroxyl groups is 4. The fourth-order valence-corrected chi connectivity index (χ4v) is 10.7. The summed E-state index contributed by atoms with van der Waals surface area (Å²) in [6.45, 7) is 0.439. The van der Waals surface area contributed by atoms with Crippen LogP contribution in [-0.4, -0.2) is 178 Å². The Bertz CT molecular complexity index is 2600. The van der Waals surface area contributed by atoms with E-state index < -0.39 is 128 Å². The van der Waals surface area contributed by atoms with E-state index >= 15 is 0 Å². The van der Waals surface area contributed by atoms with Gasteiger partial charge in [-0.25, -0.2) is 4.79 Å². The van der Waals surface area contributed by atoms with Crippen LogP contribution in [0.5, 0.6) is 0 Å². The second kappa shape index (κ2) is 32.4. The maximum Gasteiger partial charge on any atom is 0.332 e. The molecule has 15 N–H and O–H groups in total. The molecule has 10 atom stereocenters. The molecule has 0 spiro atoms. The van der Waals surface area contributed by atoms with E-state index in [-0.39, 0.29) is 63.1 Å². The molecule has 1 aliphatic heterocycles. The Morgan fingerprint density at radius 3 is 2.08 bits per heavy atom. The standard InChI is InChI=1S/C53H72N10O13S2/c1-31(66)43(26-64)61-52(74)44-30-78-77-29-36(58-48(70)38(54)21-33-13-5-3-6-14-33)25-57-41(22-34-15-7-4-8-16-34)50(72)60-42(23-35-24-56-39-18-10-9-17-37(35)39)51(73)59-40(49(71)63-47(32(2)67)53(75)62-44)19-11-12-20-55-45(68)28-76-46(69)27-65/h3-10,13-18,24,31-32,36,38,40-44,47,56-57,64-67H,11-12,19-23,25-30,54H2,1-2H3,(H,55,68)(H,58,70)(H,59,73)(H,60,72)(H,61,74)(H,62,75)(H,63,71)/t31-,32-,36-,38-,40+,41+,42-,43-,44+,47+/m1/s1. The zero-order valence-electron chi connectivity index (χ0n) is 43.5. The summed E-state index contributed by atoms with van der Waals surface area (Å²) in [7, 11) is 2.35. The molecular weight excluding hydrogens is 1050 g/mol. The number of rotatable bonds is 21. The molecule has 0 radical (unpaired) electrons. The number of esters is 1. The summed E-state index contributed by atoms with van der Waals surface area (Å²) >= 11 is 0. The molecule has 0 bridgehead atoms. The number of H-pyrrole nitrogens is 1. The van der Waals surface area contributed by atoms with Crippen LogP contribution in [-0.2, 0) is 62.4 Å². The number of benzene rings is 3. The molecule has 1 aliphatic rings. The lowest BCUT2D eigenvalue weighted by molar-refractivity contribution is -0.151. The second-order valence-electron chi connectivity index (χ2n) is 18.9. The average Bonchev–Trinajstić information content (AvgIpc) is 3.86. The molecule has 1 aromatic heterocycles. The zero-order valence-corrected chi connectivity index (χ0v) is 45.1. The first-order chi connectivity index (χ1) is 37.5. The number of hydrogen-bond acceptors (Lipinski definition) is 17. The number of hydrogen-bond donors (Lipinski definition) is 14. The van der Waals surface area contributed by atoms with Crippen LogP contribution in [0.4, 0.5) is 0 Å². The van der Waals surface area contributed by atoms with Gasteiger partial charge in [-0.3, -0.25) is 33.6 Å². The Labute approximate surface area is 459 Å². The molecule has 2 heterocycles. The van der Waals surface area contributed by atoms with Crippen LogP contribution in [0.2, 0.25) is 0 Å². The minimum absolute atomic E-state index is 0.00137. The van der Waals surface area contributed by atoms with Gasteiger partial charge >= 0.3 is 5.97 Å². The number of ether oxygens (including phenoxy) is 1. The molecule has 0 saturated carbocycles. The van der Waals surface area contributed by atoms with E-state index in [1.54, 1.807) is 6.20 Å². The monoisotopic (exact) mass is 1120 g/mol. The Balaban J connectivity index is 1.52. The van der Waals surface area contributed by atoms with E-state index in [9.17, 15) is 53.7 Å². The minimum Gasteiger partial charge on any atom is -0.454 e. The number of para-hydroxylation sites is 1. The summed E-state index contributed by atoms with van der Waals surface area (Å²) in [5, 5.41) is 63.2. The topological polar surface area (TPSA) is 365 Å². The van der Waals surface area contributed by atoms with Crippen LogP contribution in [0.25, 0.3) is 10.9 Å². The molecule has 4 aromatic rings. The molecule has 3 aromatic carbocycles. The molecule has 23 nitrogen and oxygen atoms in total. The summed E-state index contributed by atoms with van der Waals surface area (Å²) < 4.78 is 4.65. The van der Waals surface area contributed by atoms with Crippen LogP contribution in [0.3, 0.4) is 0 Å². The lowest BCUT2D eigenvalue weighted by Crippen LogP contribution is -2.62. The Kier molecular flexibility index (Phi) is 25.8. The molecule has 1 saturated heterocycles. The number of carbonyl (C=O) groups excluding carboxylic acids is 8. The molecule has 25 heteroatoms. The number of amides is 7. The van der Waals surface area contributed by atoms with Gasteiger partial charge in [-0.1, -0.05) is 100 Å². The van der Waals surface area contributed by atoms with Crippen LogP contribution in [0.15, 0.2) is 91.1 Å². The summed E-state index contributed by atoms with van der Waals surface area (Å²) in [5.74, 6) is -6.22. The smallest absolute Gasteiger partial charge is 0.332 e. The maximum absolute atomic E-state index is 14.9. The third kappa shape index (κ3) is 20.3. The van der Waals surface area contributed by atoms with Crippen molar-refractivity contribution in [2.24, 2.45) is 5.73 Å². The molecule has 424 valence electrons. The van der Waals surface area contributed by atoms with E-state index in [4.69, 9.17) is 10.8 Å². The fourth-order valence-electron chi connectivity index (χ4n) is 8.25. The average molecular weight is 1120 g/mol. The second-order valence-corrected chi connectivity index (χ2v) is 21.5. The summed E-state index contributed by atoms with van der Waals surface area (Å²) in [6.07, 6.45) is -0.471. The van der Waals surface area contributed by atoms with Crippen molar-refractivity contribution in [1.29, 1.82) is 0 Å². The van der Waals surface area contributed by atoms with Gasteiger partial charge in [-0.05, 0) is 68.7 Å². The van der Waals surface area contributed by atoms with Gasteiger partial charge in [0.15, 0.2) is 6.61 Å². The lowest BCUT2D eigenvalue weighted by atomic mass is 10.0. The van der Waals surface area contributed by atoms with Gasteiger partial charge in [0.1, 0.15) is 30.8 Å². The van der Waals surface area contributed by atoms with Gasteiger partial charge in [0, 0.05) is 48.1 Å². The third-order valence-electron chi connectivity index (χ3n) is 12.7. The molecule has 78 heavy (non-hydrogen) atoms. The highest BCUT2D eigenvalue weighted by molar-refractivity contribution is 8.76. The van der Waals surface area contributed by atoms with Crippen molar-refractivity contribution in [2.75, 3.05) is 44.4 Å². The van der Waals surface area contributed by atoms with Crippen LogP contribution >= 0.6 is 21.6 Å². The summed E-state index contributed by atoms with van der Waals surface area (Å²) in [5.41, 5.74) is 9.46. The van der Waals surface area contributed by atoms with Crippen molar-refractivity contribution in [3.8, 4) is 0 Å². The number of nitrogens with two attached hydrogens (primary N) is 1. The van der Waals surface area contributed by atoms with Crippen LogP contribution in [0.1, 0.15) is 49.8 Å². The number of carbonyl (C=O) groups is 8. The fraction of sp³-hybridized carbons (Fsp3) is 0.472. The van der Waals surface area contributed by atoms with Crippen molar-refractivity contribution in [1.82, 2.24) is 47.5 Å². The van der Waals surface area contributed by atoms with Gasteiger partial charge in [-0.2, -0.15) is 0 Å². The number of fused-ring (bicyclic) bond motifs is 1. The maximum atomic E-state index is 14.9. The lowest BCUT2D eigenvalue weighted by Gasteiger charge is -2.29. The Morgan fingerprint density at radius 1 is 0.756 bits per heavy atom. The predicted molar refractivity (Wildman–Crippen MR) is 294 cm³/mol. The van der Waals surface area contributed by atoms with E-state index in [1.165, 1.54) is 24.6 Å². The molecular formula is C53H72N10O13S2. The van der Waals surface area contributed by atoms with E-state index in [0.29, 0.717) is 5.56 Å². The number of aliphatic hydroxyl groups excluding tert-OH is 4. The van der Waals surface area contributed by atoms with Crippen molar-refractivity contribution in [2.45, 2.75) is 113 Å². The zero-order chi connectivity index (χ0) is 56.6. The third-order valence-corrected chi connectivity index (χ3v) is 15.2. The highest BCUT2D eigenvalue weighted by atomic mass is 33.1. The van der Waals surface area contributed by atoms with Gasteiger partial charge in [0.25, 0.3) is 5.91 Å². The van der Waals surface area contributed by atoms with Gasteiger partial charge < -0.3 is 78.4 Å². The van der Waals surface area contributed by atoms with Crippen LogP contribution in [0, 0.1) is 0 Å².